The van der Waals surface area contributed by atoms with E-state index in [1.807, 2.05) is 5.38 Å². The number of anilines is 1. The van der Waals surface area contributed by atoms with Crippen molar-refractivity contribution in [1.29, 1.82) is 0 Å². The van der Waals surface area contributed by atoms with Gasteiger partial charge < -0.3 is 9.88 Å². The second kappa shape index (κ2) is 7.53. The first-order chi connectivity index (χ1) is 13.4. The highest BCUT2D eigenvalue weighted by molar-refractivity contribution is 7.14. The Morgan fingerprint density at radius 2 is 2.00 bits per heavy atom. The van der Waals surface area contributed by atoms with E-state index in [0.717, 1.165) is 24.3 Å². The average Bonchev–Trinajstić information content (AvgIpc) is 3.26. The fraction of sp³-hybridized carbons (Fsp3) is 0.364. The van der Waals surface area contributed by atoms with Crippen molar-refractivity contribution < 1.29 is 4.79 Å². The third-order valence-electron chi connectivity index (χ3n) is 5.50. The molecule has 146 valence electrons. The molecule has 0 saturated heterocycles. The average molecular weight is 395 g/mol. The van der Waals surface area contributed by atoms with Gasteiger partial charge in [-0.05, 0) is 51.0 Å². The third-order valence-corrected chi connectivity index (χ3v) is 6.26. The fourth-order valence-electron chi connectivity index (χ4n) is 4.22. The molecule has 6 heteroatoms. The van der Waals surface area contributed by atoms with E-state index in [9.17, 15) is 4.79 Å². The number of carbonyl (C=O) groups is 1. The van der Waals surface area contributed by atoms with Crippen molar-refractivity contribution in [1.82, 2.24) is 14.5 Å². The Morgan fingerprint density at radius 1 is 1.25 bits per heavy atom. The van der Waals surface area contributed by atoms with Gasteiger partial charge in [0.1, 0.15) is 0 Å². The normalized spacial score (nSPS) is 16.8. The Hall–Kier alpha value is -2.44. The van der Waals surface area contributed by atoms with E-state index in [4.69, 9.17) is 0 Å². The maximum atomic E-state index is 12.6. The molecule has 1 atom stereocenters. The van der Waals surface area contributed by atoms with Crippen LogP contribution in [0.5, 0.6) is 0 Å². The molecule has 0 spiro atoms. The van der Waals surface area contributed by atoms with Crippen LogP contribution in [0.3, 0.4) is 0 Å². The summed E-state index contributed by atoms with van der Waals surface area (Å²) in [5, 5.41) is 5.67. The van der Waals surface area contributed by atoms with Crippen LogP contribution in [-0.2, 0) is 11.3 Å². The molecule has 2 aromatic heterocycles. The van der Waals surface area contributed by atoms with E-state index in [0.29, 0.717) is 11.7 Å². The van der Waals surface area contributed by atoms with Crippen LogP contribution in [0.2, 0.25) is 0 Å². The lowest BCUT2D eigenvalue weighted by Crippen LogP contribution is -2.41. The molecule has 1 aromatic carbocycles. The Morgan fingerprint density at radius 3 is 2.75 bits per heavy atom. The molecule has 1 N–H and O–H groups in total. The quantitative estimate of drug-likeness (QED) is 0.706. The van der Waals surface area contributed by atoms with E-state index < -0.39 is 0 Å². The Labute approximate surface area is 170 Å². The molecule has 1 aliphatic heterocycles. The fourth-order valence-corrected chi connectivity index (χ4v) is 4.93. The molecule has 4 rings (SSSR count). The number of hydrogen-bond acceptors (Lipinski definition) is 4. The summed E-state index contributed by atoms with van der Waals surface area (Å²) in [6, 6.07) is 8.79. The van der Waals surface area contributed by atoms with E-state index in [1.165, 1.54) is 33.7 Å². The van der Waals surface area contributed by atoms with Crippen LogP contribution in [0.25, 0.3) is 11.3 Å². The van der Waals surface area contributed by atoms with Gasteiger partial charge in [-0.1, -0.05) is 17.7 Å². The zero-order valence-electron chi connectivity index (χ0n) is 16.8. The van der Waals surface area contributed by atoms with Gasteiger partial charge in [-0.3, -0.25) is 9.69 Å². The van der Waals surface area contributed by atoms with Crippen molar-refractivity contribution in [3.05, 3.63) is 58.2 Å². The number of hydrogen-bond donors (Lipinski definition) is 1. The van der Waals surface area contributed by atoms with Gasteiger partial charge in [0, 0.05) is 42.0 Å². The van der Waals surface area contributed by atoms with Gasteiger partial charge in [-0.25, -0.2) is 4.98 Å². The number of carbonyl (C=O) groups excluding carboxylic acids is 1. The third kappa shape index (κ3) is 3.62. The smallest absolute Gasteiger partial charge is 0.240 e. The molecule has 0 saturated carbocycles. The number of benzene rings is 1. The zero-order chi connectivity index (χ0) is 19.8. The molecule has 0 aliphatic carbocycles. The van der Waals surface area contributed by atoms with Crippen LogP contribution < -0.4 is 5.32 Å². The highest BCUT2D eigenvalue weighted by Gasteiger charge is 2.25. The van der Waals surface area contributed by atoms with Crippen molar-refractivity contribution >= 4 is 22.4 Å². The minimum Gasteiger partial charge on any atom is -0.349 e. The van der Waals surface area contributed by atoms with Gasteiger partial charge in [0.25, 0.3) is 0 Å². The van der Waals surface area contributed by atoms with E-state index in [2.05, 4.69) is 77.9 Å². The lowest BCUT2D eigenvalue weighted by atomic mass is 9.98. The summed E-state index contributed by atoms with van der Waals surface area (Å²) in [5.41, 5.74) is 7.04. The van der Waals surface area contributed by atoms with Gasteiger partial charge in [-0.15, -0.1) is 11.3 Å². The van der Waals surface area contributed by atoms with E-state index in [-0.39, 0.29) is 11.9 Å². The van der Waals surface area contributed by atoms with Gasteiger partial charge in [0.15, 0.2) is 5.13 Å². The number of nitrogens with one attached hydrogen (secondary N) is 1. The predicted octanol–water partition coefficient (Wildman–Crippen LogP) is 4.55. The van der Waals surface area contributed by atoms with E-state index in [1.54, 1.807) is 0 Å². The summed E-state index contributed by atoms with van der Waals surface area (Å²) in [7, 11) is 0. The van der Waals surface area contributed by atoms with Crippen molar-refractivity contribution in [2.75, 3.05) is 18.4 Å². The lowest BCUT2D eigenvalue weighted by Gasteiger charge is -2.34. The number of fused-ring (bicyclic) bond motifs is 1. The molecule has 5 nitrogen and oxygen atoms in total. The number of nitrogens with zero attached hydrogens (tertiary/aromatic N) is 3. The Kier molecular flexibility index (Phi) is 5.08. The molecule has 1 amide bonds. The zero-order valence-corrected chi connectivity index (χ0v) is 17.6. The summed E-state index contributed by atoms with van der Waals surface area (Å²) < 4.78 is 2.26. The van der Waals surface area contributed by atoms with Gasteiger partial charge in [-0.2, -0.15) is 0 Å². The molecule has 3 aromatic rings. The first-order valence-electron chi connectivity index (χ1n) is 9.65. The number of aromatic nitrogens is 2. The minimum atomic E-state index is -0.00916. The first-order valence-corrected chi connectivity index (χ1v) is 10.5. The second-order valence-electron chi connectivity index (χ2n) is 7.63. The summed E-state index contributed by atoms with van der Waals surface area (Å²) >= 11 is 1.48. The lowest BCUT2D eigenvalue weighted by molar-refractivity contribution is -0.118. The minimum absolute atomic E-state index is 0.00916. The number of rotatable bonds is 4. The molecule has 1 aliphatic rings. The van der Waals surface area contributed by atoms with Crippen LogP contribution in [0.1, 0.15) is 35.3 Å². The Balaban J connectivity index is 1.44. The highest BCUT2D eigenvalue weighted by Crippen LogP contribution is 2.31. The number of aryl methyl sites for hydroxylation is 3. The van der Waals surface area contributed by atoms with Gasteiger partial charge in [0.05, 0.1) is 12.2 Å². The summed E-state index contributed by atoms with van der Waals surface area (Å²) in [4.78, 5) is 19.5. The second-order valence-corrected chi connectivity index (χ2v) is 8.49. The molecule has 0 fully saturated rings. The first kappa shape index (κ1) is 18.9. The van der Waals surface area contributed by atoms with Crippen molar-refractivity contribution in [3.8, 4) is 11.3 Å². The molecular formula is C22H26N4OS. The summed E-state index contributed by atoms with van der Waals surface area (Å²) in [6.45, 7) is 10.7. The van der Waals surface area contributed by atoms with Crippen molar-refractivity contribution in [2.45, 2.75) is 40.3 Å². The largest absolute Gasteiger partial charge is 0.349 e. The van der Waals surface area contributed by atoms with Gasteiger partial charge in [0.2, 0.25) is 5.91 Å². The van der Waals surface area contributed by atoms with E-state index >= 15 is 0 Å². The van der Waals surface area contributed by atoms with Crippen LogP contribution in [0, 0.1) is 20.8 Å². The topological polar surface area (TPSA) is 50.2 Å². The van der Waals surface area contributed by atoms with Crippen LogP contribution >= 0.6 is 11.3 Å². The maximum Gasteiger partial charge on any atom is 0.240 e. The van der Waals surface area contributed by atoms with Crippen LogP contribution in [0.15, 0.2) is 35.8 Å². The highest BCUT2D eigenvalue weighted by atomic mass is 32.1. The molecule has 1 unspecified atom stereocenters. The standard InChI is InChI=1S/C22H26N4OS/c1-14-10-15(2)21(16(3)11-14)18-13-28-22(23-18)24-20(27)12-26-9-8-25-7-5-6-19(25)17(26)4/h5-7,10-11,13,17H,8-9,12H2,1-4H3,(H,23,24,27). The number of amides is 1. The van der Waals surface area contributed by atoms with Crippen molar-refractivity contribution in [3.63, 3.8) is 0 Å². The molecule has 0 radical (unpaired) electrons. The maximum absolute atomic E-state index is 12.6. The molecule has 0 bridgehead atoms. The van der Waals surface area contributed by atoms with Crippen LogP contribution in [-0.4, -0.2) is 33.4 Å². The molecular weight excluding hydrogens is 368 g/mol. The summed E-state index contributed by atoms with van der Waals surface area (Å²) in [6.07, 6.45) is 2.11. The SMILES string of the molecule is Cc1cc(C)c(-c2csc(NC(=O)CN3CCn4cccc4C3C)n2)c(C)c1. The van der Waals surface area contributed by atoms with Crippen molar-refractivity contribution in [2.24, 2.45) is 0 Å². The number of thiazole rings is 1. The van der Waals surface area contributed by atoms with Gasteiger partial charge >= 0.3 is 0 Å². The Bertz CT molecular complexity index is 996. The van der Waals surface area contributed by atoms with Crippen LogP contribution in [0.4, 0.5) is 5.13 Å². The molecule has 3 heterocycles. The monoisotopic (exact) mass is 394 g/mol. The molecule has 28 heavy (non-hydrogen) atoms. The summed E-state index contributed by atoms with van der Waals surface area (Å²) in [5.74, 6) is -0.00916. The predicted molar refractivity (Wildman–Crippen MR) is 115 cm³/mol.